The van der Waals surface area contributed by atoms with E-state index in [1.807, 2.05) is 24.0 Å². The van der Waals surface area contributed by atoms with E-state index in [1.165, 1.54) is 12.8 Å². The van der Waals surface area contributed by atoms with Crippen LogP contribution >= 0.6 is 0 Å². The molecule has 1 aromatic carbocycles. The molecule has 2 aliphatic rings. The Bertz CT molecular complexity index is 675. The first-order valence-electron chi connectivity index (χ1n) is 10.1. The lowest BCUT2D eigenvalue weighted by molar-refractivity contribution is -0.123. The first-order valence-corrected chi connectivity index (χ1v) is 10.1. The zero-order valence-corrected chi connectivity index (χ0v) is 16.5. The molecule has 0 radical (unpaired) electrons. The van der Waals surface area contributed by atoms with E-state index in [4.69, 9.17) is 5.73 Å². The van der Waals surface area contributed by atoms with Crippen molar-refractivity contribution in [3.8, 4) is 0 Å². The number of benzene rings is 1. The molecule has 0 bridgehead atoms. The fraction of sp³-hybridized carbons (Fsp3) is 0.619. The van der Waals surface area contributed by atoms with Crippen LogP contribution in [0.15, 0.2) is 18.2 Å². The average Bonchev–Trinajstić information content (AvgIpc) is 2.65. The molecule has 1 aliphatic heterocycles. The van der Waals surface area contributed by atoms with Crippen LogP contribution < -0.4 is 11.1 Å². The molecule has 27 heavy (non-hydrogen) atoms. The number of hydrogen-bond donors (Lipinski definition) is 2. The minimum absolute atomic E-state index is 0.0280. The lowest BCUT2D eigenvalue weighted by Gasteiger charge is -2.35. The van der Waals surface area contributed by atoms with Crippen LogP contribution in [-0.2, 0) is 4.79 Å². The summed E-state index contributed by atoms with van der Waals surface area (Å²) >= 11 is 0. The van der Waals surface area contributed by atoms with Gasteiger partial charge < -0.3 is 16.0 Å². The molecular formula is C21H32N4O2. The summed E-state index contributed by atoms with van der Waals surface area (Å²) in [6.07, 6.45) is 4.59. The largest absolute Gasteiger partial charge is 0.399 e. The number of nitrogens with one attached hydrogen (secondary N) is 1. The Morgan fingerprint density at radius 2 is 1.78 bits per heavy atom. The summed E-state index contributed by atoms with van der Waals surface area (Å²) in [5.74, 6) is 0.925. The topological polar surface area (TPSA) is 78.7 Å². The van der Waals surface area contributed by atoms with E-state index in [0.717, 1.165) is 37.4 Å². The second-order valence-electron chi connectivity index (χ2n) is 8.17. The molecule has 0 aromatic heterocycles. The maximum atomic E-state index is 12.8. The molecule has 148 valence electrons. The van der Waals surface area contributed by atoms with Gasteiger partial charge in [0.2, 0.25) is 5.91 Å². The molecule has 6 nitrogen and oxygen atoms in total. The van der Waals surface area contributed by atoms with Gasteiger partial charge in [-0.3, -0.25) is 14.5 Å². The van der Waals surface area contributed by atoms with E-state index in [9.17, 15) is 9.59 Å². The van der Waals surface area contributed by atoms with Gasteiger partial charge in [0.15, 0.2) is 0 Å². The highest BCUT2D eigenvalue weighted by atomic mass is 16.2. The van der Waals surface area contributed by atoms with Crippen LogP contribution in [0.2, 0.25) is 0 Å². The Labute approximate surface area is 162 Å². The zero-order chi connectivity index (χ0) is 19.4. The quantitative estimate of drug-likeness (QED) is 0.793. The minimum atomic E-state index is 0.0280. The number of carbonyl (C=O) groups excluding carboxylic acids is 2. The number of anilines is 1. The number of aryl methyl sites for hydroxylation is 1. The van der Waals surface area contributed by atoms with E-state index in [0.29, 0.717) is 36.9 Å². The van der Waals surface area contributed by atoms with Gasteiger partial charge in [-0.1, -0.05) is 13.0 Å². The fourth-order valence-corrected chi connectivity index (χ4v) is 4.03. The third-order valence-electron chi connectivity index (χ3n) is 5.90. The Balaban J connectivity index is 1.45. The van der Waals surface area contributed by atoms with Crippen LogP contribution in [0, 0.1) is 12.8 Å². The fourth-order valence-electron chi connectivity index (χ4n) is 4.03. The Morgan fingerprint density at radius 1 is 1.11 bits per heavy atom. The van der Waals surface area contributed by atoms with Crippen molar-refractivity contribution in [3.05, 3.63) is 29.3 Å². The van der Waals surface area contributed by atoms with Crippen molar-refractivity contribution in [2.75, 3.05) is 38.5 Å². The first-order chi connectivity index (χ1) is 12.9. The predicted octanol–water partition coefficient (Wildman–Crippen LogP) is 2.03. The highest BCUT2D eigenvalue weighted by Crippen LogP contribution is 2.23. The molecule has 3 N–H and O–H groups in total. The first kappa shape index (κ1) is 19.7. The molecule has 0 atom stereocenters. The molecule has 1 aromatic rings. The molecule has 6 heteroatoms. The van der Waals surface area contributed by atoms with Gasteiger partial charge in [-0.15, -0.1) is 0 Å². The SMILES string of the molecule is Cc1ccc(N)cc1C(=O)N1CCN(CC(=O)NC2CCC(C)CC2)CC1. The number of hydrogen-bond acceptors (Lipinski definition) is 4. The molecule has 1 aliphatic carbocycles. The summed E-state index contributed by atoms with van der Waals surface area (Å²) in [6, 6.07) is 5.79. The second-order valence-corrected chi connectivity index (χ2v) is 8.17. The number of nitrogen functional groups attached to an aromatic ring is 1. The maximum absolute atomic E-state index is 12.8. The molecule has 0 unspecified atom stereocenters. The van der Waals surface area contributed by atoms with E-state index in [1.54, 1.807) is 6.07 Å². The van der Waals surface area contributed by atoms with E-state index in [-0.39, 0.29) is 11.8 Å². The molecule has 0 spiro atoms. The van der Waals surface area contributed by atoms with Gasteiger partial charge in [-0.25, -0.2) is 0 Å². The lowest BCUT2D eigenvalue weighted by Crippen LogP contribution is -2.52. The van der Waals surface area contributed by atoms with Gasteiger partial charge in [-0.05, 0) is 56.2 Å². The predicted molar refractivity (Wildman–Crippen MR) is 107 cm³/mol. The van der Waals surface area contributed by atoms with E-state index in [2.05, 4.69) is 17.1 Å². The summed E-state index contributed by atoms with van der Waals surface area (Å²) in [6.45, 7) is 7.36. The standard InChI is InChI=1S/C21H32N4O2/c1-15-3-7-18(8-4-15)23-20(26)14-24-9-11-25(12-10-24)21(27)19-13-17(22)6-5-16(19)2/h5-6,13,15,18H,3-4,7-12,14,22H2,1-2H3,(H,23,26). The third kappa shape index (κ3) is 5.22. The highest BCUT2D eigenvalue weighted by Gasteiger charge is 2.25. The van der Waals surface area contributed by atoms with Gasteiger partial charge >= 0.3 is 0 Å². The summed E-state index contributed by atoms with van der Waals surface area (Å²) in [4.78, 5) is 29.1. The summed E-state index contributed by atoms with van der Waals surface area (Å²) in [5.41, 5.74) is 8.06. The summed E-state index contributed by atoms with van der Waals surface area (Å²) < 4.78 is 0. The van der Waals surface area contributed by atoms with Gasteiger partial charge in [0.05, 0.1) is 6.54 Å². The van der Waals surface area contributed by atoms with E-state index >= 15 is 0 Å². The maximum Gasteiger partial charge on any atom is 0.254 e. The Kier molecular flexibility index (Phi) is 6.37. The van der Waals surface area contributed by atoms with Crippen molar-refractivity contribution in [2.45, 2.75) is 45.6 Å². The summed E-state index contributed by atoms with van der Waals surface area (Å²) in [5, 5.41) is 3.19. The van der Waals surface area contributed by atoms with Crippen molar-refractivity contribution in [1.29, 1.82) is 0 Å². The monoisotopic (exact) mass is 372 g/mol. The number of nitrogens with zero attached hydrogens (tertiary/aromatic N) is 2. The van der Waals surface area contributed by atoms with Crippen molar-refractivity contribution in [1.82, 2.24) is 15.1 Å². The zero-order valence-electron chi connectivity index (χ0n) is 16.5. The molecule has 2 amide bonds. The molecule has 1 saturated heterocycles. The molecule has 1 heterocycles. The van der Waals surface area contributed by atoms with Crippen LogP contribution in [0.25, 0.3) is 0 Å². The molecule has 3 rings (SSSR count). The lowest BCUT2D eigenvalue weighted by atomic mass is 9.87. The van der Waals surface area contributed by atoms with Crippen molar-refractivity contribution in [2.24, 2.45) is 5.92 Å². The highest BCUT2D eigenvalue weighted by molar-refractivity contribution is 5.96. The number of nitrogens with two attached hydrogens (primary N) is 1. The number of piperazine rings is 1. The van der Waals surface area contributed by atoms with Crippen LogP contribution in [0.1, 0.15) is 48.5 Å². The number of amides is 2. The second kappa shape index (κ2) is 8.74. The molecular weight excluding hydrogens is 340 g/mol. The third-order valence-corrected chi connectivity index (χ3v) is 5.90. The number of rotatable bonds is 4. The van der Waals surface area contributed by atoms with Crippen LogP contribution in [0.5, 0.6) is 0 Å². The van der Waals surface area contributed by atoms with Crippen molar-refractivity contribution < 1.29 is 9.59 Å². The molecule has 1 saturated carbocycles. The summed E-state index contributed by atoms with van der Waals surface area (Å²) in [7, 11) is 0. The van der Waals surface area contributed by atoms with Gasteiger partial charge in [-0.2, -0.15) is 0 Å². The van der Waals surface area contributed by atoms with Gasteiger partial charge in [0.1, 0.15) is 0 Å². The average molecular weight is 373 g/mol. The smallest absolute Gasteiger partial charge is 0.254 e. The normalized spacial score (nSPS) is 23.9. The van der Waals surface area contributed by atoms with E-state index < -0.39 is 0 Å². The molecule has 2 fully saturated rings. The minimum Gasteiger partial charge on any atom is -0.399 e. The van der Waals surface area contributed by atoms with Crippen molar-refractivity contribution in [3.63, 3.8) is 0 Å². The Morgan fingerprint density at radius 3 is 2.44 bits per heavy atom. The van der Waals surface area contributed by atoms with Crippen LogP contribution in [0.3, 0.4) is 0 Å². The van der Waals surface area contributed by atoms with Crippen molar-refractivity contribution >= 4 is 17.5 Å². The Hall–Kier alpha value is -2.08. The van der Waals surface area contributed by atoms with Crippen LogP contribution in [0.4, 0.5) is 5.69 Å². The van der Waals surface area contributed by atoms with Gasteiger partial charge in [0, 0.05) is 43.5 Å². The number of carbonyl (C=O) groups is 2. The van der Waals surface area contributed by atoms with Gasteiger partial charge in [0.25, 0.3) is 5.91 Å². The van der Waals surface area contributed by atoms with Crippen LogP contribution in [-0.4, -0.2) is 60.4 Å².